The minimum Gasteiger partial charge on any atom is -0.260 e. The number of rotatable bonds is 6. The van der Waals surface area contributed by atoms with Crippen LogP contribution in [-0.4, -0.2) is 20.6 Å². The lowest BCUT2D eigenvalue weighted by Gasteiger charge is -2.36. The van der Waals surface area contributed by atoms with Gasteiger partial charge in [-0.2, -0.15) is 5.10 Å². The van der Waals surface area contributed by atoms with Crippen molar-refractivity contribution in [3.05, 3.63) is 56.7 Å². The van der Waals surface area contributed by atoms with E-state index in [2.05, 4.69) is 41.3 Å². The number of nitro benzene ring substituents is 1. The van der Waals surface area contributed by atoms with Crippen molar-refractivity contribution in [2.24, 2.45) is 16.4 Å². The maximum atomic E-state index is 11.1. The number of fused-ring (bicyclic) bond motifs is 3. The van der Waals surface area contributed by atoms with Crippen LogP contribution in [0.5, 0.6) is 0 Å². The third kappa shape index (κ3) is 4.17. The van der Waals surface area contributed by atoms with Gasteiger partial charge >= 0.3 is 0 Å². The Hall–Kier alpha value is -2.87. The highest BCUT2D eigenvalue weighted by molar-refractivity contribution is 7.19. The van der Waals surface area contributed by atoms with Gasteiger partial charge in [-0.3, -0.25) is 15.5 Å². The Morgan fingerprint density at radius 1 is 1.39 bits per heavy atom. The smallest absolute Gasteiger partial charge is 0.260 e. The fraction of sp³-hybridized carbons (Fsp3) is 0.435. The van der Waals surface area contributed by atoms with Gasteiger partial charge in [0.15, 0.2) is 5.82 Å². The van der Waals surface area contributed by atoms with Gasteiger partial charge in [-0.15, -0.1) is 11.3 Å². The van der Waals surface area contributed by atoms with E-state index in [1.54, 1.807) is 23.7 Å². The fourth-order valence-electron chi connectivity index (χ4n) is 4.19. The van der Waals surface area contributed by atoms with E-state index in [4.69, 9.17) is 0 Å². The molecule has 3 aromatic rings. The van der Waals surface area contributed by atoms with Gasteiger partial charge in [0, 0.05) is 22.6 Å². The van der Waals surface area contributed by atoms with Crippen LogP contribution in [0.3, 0.4) is 0 Å². The maximum absolute atomic E-state index is 11.1. The molecular formula is C23H27N5O2S. The Kier molecular flexibility index (Phi) is 5.75. The van der Waals surface area contributed by atoms with Crippen LogP contribution < -0.4 is 5.43 Å². The van der Waals surface area contributed by atoms with Crippen molar-refractivity contribution in [1.82, 2.24) is 9.97 Å². The quantitative estimate of drug-likeness (QED) is 0.291. The summed E-state index contributed by atoms with van der Waals surface area (Å²) < 4.78 is 0. The molecule has 0 amide bonds. The second-order valence-electron chi connectivity index (χ2n) is 8.80. The van der Waals surface area contributed by atoms with Gasteiger partial charge in [-0.25, -0.2) is 9.97 Å². The van der Waals surface area contributed by atoms with E-state index in [1.807, 2.05) is 13.0 Å². The topological polar surface area (TPSA) is 93.3 Å². The Bertz CT molecular complexity index is 1170. The molecule has 0 aliphatic heterocycles. The van der Waals surface area contributed by atoms with E-state index in [0.29, 0.717) is 28.4 Å². The Labute approximate surface area is 185 Å². The van der Waals surface area contributed by atoms with Crippen LogP contribution in [0.1, 0.15) is 56.5 Å². The first-order chi connectivity index (χ1) is 14.8. The summed E-state index contributed by atoms with van der Waals surface area (Å²) >= 11 is 1.76. The van der Waals surface area contributed by atoms with Crippen molar-refractivity contribution < 1.29 is 4.92 Å². The van der Waals surface area contributed by atoms with E-state index < -0.39 is 4.92 Å². The number of non-ortho nitro benzene ring substituents is 1. The Balaban J connectivity index is 1.66. The summed E-state index contributed by atoms with van der Waals surface area (Å²) in [7, 11) is 0. The number of aryl methyl sites for hydroxylation is 1. The summed E-state index contributed by atoms with van der Waals surface area (Å²) in [4.78, 5) is 22.0. The van der Waals surface area contributed by atoms with Crippen molar-refractivity contribution in [3.8, 4) is 0 Å². The molecule has 0 fully saturated rings. The number of aromatic nitrogens is 2. The lowest BCUT2D eigenvalue weighted by Crippen LogP contribution is -2.28. The number of nitrogens with zero attached hydrogens (tertiary/aromatic N) is 4. The molecule has 1 aliphatic carbocycles. The molecule has 1 atom stereocenters. The molecule has 162 valence electrons. The van der Waals surface area contributed by atoms with E-state index >= 15 is 0 Å². The molecule has 0 saturated carbocycles. The summed E-state index contributed by atoms with van der Waals surface area (Å²) in [6.45, 7) is 8.81. The Morgan fingerprint density at radius 2 is 2.19 bits per heavy atom. The number of thiophene rings is 1. The highest BCUT2D eigenvalue weighted by Gasteiger charge is 2.33. The van der Waals surface area contributed by atoms with Crippen LogP contribution in [0.25, 0.3) is 10.2 Å². The fourth-order valence-corrected chi connectivity index (χ4v) is 5.38. The molecule has 2 aromatic heterocycles. The van der Waals surface area contributed by atoms with Crippen molar-refractivity contribution in [2.75, 3.05) is 5.43 Å². The lowest BCUT2D eigenvalue weighted by atomic mass is 9.69. The first kappa shape index (κ1) is 21.4. The summed E-state index contributed by atoms with van der Waals surface area (Å²) in [5, 5.41) is 16.6. The third-order valence-corrected chi connectivity index (χ3v) is 7.86. The van der Waals surface area contributed by atoms with Gasteiger partial charge in [0.25, 0.3) is 5.69 Å². The van der Waals surface area contributed by atoms with Crippen LogP contribution in [0.4, 0.5) is 11.5 Å². The van der Waals surface area contributed by atoms with Gasteiger partial charge in [-0.05, 0) is 43.1 Å². The van der Waals surface area contributed by atoms with E-state index in [9.17, 15) is 10.1 Å². The van der Waals surface area contributed by atoms with Gasteiger partial charge in [0.1, 0.15) is 11.2 Å². The van der Waals surface area contributed by atoms with E-state index in [0.717, 1.165) is 29.5 Å². The van der Waals surface area contributed by atoms with Crippen LogP contribution in [0.2, 0.25) is 0 Å². The van der Waals surface area contributed by atoms with Gasteiger partial charge in [0.2, 0.25) is 0 Å². The molecule has 0 saturated heterocycles. The molecule has 0 spiro atoms. The van der Waals surface area contributed by atoms with Gasteiger partial charge in [-0.1, -0.05) is 39.3 Å². The number of anilines is 1. The predicted octanol–water partition coefficient (Wildman–Crippen LogP) is 5.98. The molecule has 1 aliphatic rings. The average molecular weight is 438 g/mol. The minimum atomic E-state index is -0.399. The highest BCUT2D eigenvalue weighted by Crippen LogP contribution is 2.45. The molecule has 4 rings (SSSR count). The molecule has 0 unspecified atom stereocenters. The lowest BCUT2D eigenvalue weighted by molar-refractivity contribution is -0.384. The first-order valence-electron chi connectivity index (χ1n) is 10.6. The number of benzene rings is 1. The second kappa shape index (κ2) is 8.34. The van der Waals surface area contributed by atoms with Crippen LogP contribution in [0, 0.1) is 21.4 Å². The highest BCUT2D eigenvalue weighted by atomic mass is 32.1. The summed E-state index contributed by atoms with van der Waals surface area (Å²) in [5.41, 5.74) is 6.16. The molecule has 8 heteroatoms. The van der Waals surface area contributed by atoms with Gasteiger partial charge < -0.3 is 0 Å². The van der Waals surface area contributed by atoms with Crippen molar-refractivity contribution in [2.45, 2.75) is 53.4 Å². The summed E-state index contributed by atoms with van der Waals surface area (Å²) in [6.07, 6.45) is 6.05. The number of hydrogen-bond acceptors (Lipinski definition) is 7. The van der Waals surface area contributed by atoms with Crippen molar-refractivity contribution in [3.63, 3.8) is 0 Å². The van der Waals surface area contributed by atoms with E-state index in [1.165, 1.54) is 29.0 Å². The average Bonchev–Trinajstić information content (AvgIpc) is 3.16. The van der Waals surface area contributed by atoms with Crippen LogP contribution in [0.15, 0.2) is 35.7 Å². The SMILES string of the molecule is CCC(C)(C)[C@H]1CCc2sc3ncnc(N/N=C(/C)c4cccc([N+](=O)[O-])c4)c3c2C1. The molecular weight excluding hydrogens is 410 g/mol. The van der Waals surface area contributed by atoms with Crippen molar-refractivity contribution >= 4 is 38.8 Å². The zero-order valence-corrected chi connectivity index (χ0v) is 19.1. The molecule has 0 bridgehead atoms. The number of nitro groups is 1. The molecule has 2 heterocycles. The molecule has 1 aromatic carbocycles. The molecule has 7 nitrogen and oxygen atoms in total. The Morgan fingerprint density at radius 3 is 2.94 bits per heavy atom. The van der Waals surface area contributed by atoms with Crippen LogP contribution in [-0.2, 0) is 12.8 Å². The summed E-state index contributed by atoms with van der Waals surface area (Å²) in [5.74, 6) is 1.33. The molecule has 1 N–H and O–H groups in total. The number of hydrazone groups is 1. The predicted molar refractivity (Wildman–Crippen MR) is 126 cm³/mol. The molecule has 31 heavy (non-hydrogen) atoms. The third-order valence-electron chi connectivity index (χ3n) is 6.66. The van der Waals surface area contributed by atoms with Gasteiger partial charge in [0.05, 0.1) is 16.0 Å². The monoisotopic (exact) mass is 437 g/mol. The minimum absolute atomic E-state index is 0.0490. The normalized spacial score (nSPS) is 16.9. The first-order valence-corrected chi connectivity index (χ1v) is 11.4. The largest absolute Gasteiger partial charge is 0.270 e. The maximum Gasteiger partial charge on any atom is 0.270 e. The number of nitrogens with one attached hydrogen (secondary N) is 1. The molecule has 0 radical (unpaired) electrons. The zero-order chi connectivity index (χ0) is 22.2. The zero-order valence-electron chi connectivity index (χ0n) is 18.3. The summed E-state index contributed by atoms with van der Waals surface area (Å²) in [6, 6.07) is 6.48. The number of hydrogen-bond donors (Lipinski definition) is 1. The van der Waals surface area contributed by atoms with E-state index in [-0.39, 0.29) is 5.69 Å². The standard InChI is InChI=1S/C23H27N5O2S/c1-5-23(3,4)16-9-10-19-18(12-16)20-21(24-13-25-22(20)31-19)27-26-14(2)15-7-6-8-17(11-15)28(29)30/h6-8,11,13,16H,5,9-10,12H2,1-4H3,(H,24,25,27)/b26-14-/t16-/m0/s1. The van der Waals surface area contributed by atoms with Crippen molar-refractivity contribution in [1.29, 1.82) is 0 Å². The van der Waals surface area contributed by atoms with Crippen LogP contribution >= 0.6 is 11.3 Å². The second-order valence-corrected chi connectivity index (χ2v) is 9.89.